The number of carbonyl (C=O) groups is 1. The van der Waals surface area contributed by atoms with Crippen molar-refractivity contribution in [1.29, 1.82) is 0 Å². The average molecular weight is 549 g/mol. The van der Waals surface area contributed by atoms with Gasteiger partial charge in [0.1, 0.15) is 29.5 Å². The molecular formula is C20H17F6N7O3S. The number of nitrogens with zero attached hydrogens (tertiary/aromatic N) is 5. The fourth-order valence-electron chi connectivity index (χ4n) is 3.68. The molecule has 2 N–H and O–H groups in total. The van der Waals surface area contributed by atoms with Gasteiger partial charge in [0.15, 0.2) is 11.2 Å². The molecule has 0 fully saturated rings. The van der Waals surface area contributed by atoms with Crippen LogP contribution < -0.4 is 16.6 Å². The molecule has 0 bridgehead atoms. The van der Waals surface area contributed by atoms with Gasteiger partial charge in [-0.3, -0.25) is 24.5 Å². The Morgan fingerprint density at radius 2 is 1.95 bits per heavy atom. The van der Waals surface area contributed by atoms with E-state index in [4.69, 9.17) is 0 Å². The number of hydrogen-bond acceptors (Lipinski definition) is 7. The van der Waals surface area contributed by atoms with Gasteiger partial charge >= 0.3 is 18.0 Å². The smallest absolute Gasteiger partial charge is 0.332 e. The summed E-state index contributed by atoms with van der Waals surface area (Å²) in [6, 6.07) is 0.154. The average Bonchev–Trinajstić information content (AvgIpc) is 3.41. The third-order valence-corrected chi connectivity index (χ3v) is 6.50. The summed E-state index contributed by atoms with van der Waals surface area (Å²) in [5.41, 5.74) is -4.00. The van der Waals surface area contributed by atoms with Crippen LogP contribution >= 0.6 is 11.8 Å². The monoisotopic (exact) mass is 549 g/mol. The number of aliphatic imine (C=N–C) groups is 1. The van der Waals surface area contributed by atoms with Gasteiger partial charge in [0.2, 0.25) is 5.91 Å². The van der Waals surface area contributed by atoms with Crippen LogP contribution in [0.3, 0.4) is 0 Å². The first-order valence-corrected chi connectivity index (χ1v) is 11.5. The molecule has 0 aromatic carbocycles. The quantitative estimate of drug-likeness (QED) is 0.471. The molecule has 1 aliphatic heterocycles. The van der Waals surface area contributed by atoms with E-state index in [1.165, 1.54) is 31.7 Å². The number of H-pyrrole nitrogens is 1. The number of hydrogen-bond donors (Lipinski definition) is 2. The summed E-state index contributed by atoms with van der Waals surface area (Å²) in [6.07, 6.45) is -8.12. The maximum atomic E-state index is 13.0. The molecule has 0 spiro atoms. The maximum absolute atomic E-state index is 13.0. The second-order valence-electron chi connectivity index (χ2n) is 8.12. The van der Waals surface area contributed by atoms with Crippen molar-refractivity contribution >= 4 is 33.9 Å². The zero-order valence-corrected chi connectivity index (χ0v) is 19.8. The number of thioether (sulfide) groups is 1. The predicted octanol–water partition coefficient (Wildman–Crippen LogP) is 2.37. The van der Waals surface area contributed by atoms with Gasteiger partial charge in [0, 0.05) is 17.5 Å². The van der Waals surface area contributed by atoms with E-state index in [1.807, 2.05) is 0 Å². The third-order valence-electron chi connectivity index (χ3n) is 5.40. The van der Waals surface area contributed by atoms with Crippen molar-refractivity contribution in [2.75, 3.05) is 5.75 Å². The molecule has 1 unspecified atom stereocenters. The van der Waals surface area contributed by atoms with Crippen LogP contribution in [0.2, 0.25) is 0 Å². The first-order chi connectivity index (χ1) is 17.2. The predicted molar refractivity (Wildman–Crippen MR) is 120 cm³/mol. The Labute approximate surface area is 206 Å². The number of nitrogens with one attached hydrogen (secondary N) is 2. The number of aromatic amines is 1. The van der Waals surface area contributed by atoms with Crippen LogP contribution in [0.25, 0.3) is 11.2 Å². The van der Waals surface area contributed by atoms with Crippen LogP contribution in [0.5, 0.6) is 0 Å². The molecule has 1 aliphatic rings. The largest absolute Gasteiger partial charge is 0.433 e. The van der Waals surface area contributed by atoms with Crippen molar-refractivity contribution < 1.29 is 31.1 Å². The van der Waals surface area contributed by atoms with Gasteiger partial charge < -0.3 is 9.88 Å². The minimum atomic E-state index is -4.84. The minimum Gasteiger partial charge on any atom is -0.332 e. The van der Waals surface area contributed by atoms with Crippen LogP contribution in [-0.2, 0) is 17.5 Å². The van der Waals surface area contributed by atoms with Crippen LogP contribution in [-0.4, -0.2) is 53.1 Å². The Hall–Kier alpha value is -3.63. The molecule has 2 atom stereocenters. The SMILES string of the molecule is Cc1cc(C2=NC(NC(=O)[C@H](C)n3cnc4[nH]c(=O)n(CC(F)(F)F)c(=O)c43)CS2)cnc1C(F)(F)F. The lowest BCUT2D eigenvalue weighted by molar-refractivity contribution is -0.142. The topological polar surface area (TPSA) is 127 Å². The van der Waals surface area contributed by atoms with E-state index >= 15 is 0 Å². The second-order valence-corrected chi connectivity index (χ2v) is 9.13. The van der Waals surface area contributed by atoms with Crippen LogP contribution in [0.15, 0.2) is 33.2 Å². The Kier molecular flexibility index (Phi) is 6.68. The summed E-state index contributed by atoms with van der Waals surface area (Å²) in [5, 5.41) is 2.97. The molecule has 198 valence electrons. The molecule has 0 radical (unpaired) electrons. The molecule has 10 nitrogen and oxygen atoms in total. The number of amides is 1. The highest BCUT2D eigenvalue weighted by Crippen LogP contribution is 2.31. The van der Waals surface area contributed by atoms with Crippen molar-refractivity contribution in [3.63, 3.8) is 0 Å². The Morgan fingerprint density at radius 1 is 1.24 bits per heavy atom. The van der Waals surface area contributed by atoms with Crippen molar-refractivity contribution in [3.8, 4) is 0 Å². The molecule has 0 saturated heterocycles. The number of carbonyl (C=O) groups excluding carboxylic acids is 1. The number of fused-ring (bicyclic) bond motifs is 1. The van der Waals surface area contributed by atoms with Crippen molar-refractivity contribution in [2.24, 2.45) is 4.99 Å². The number of alkyl halides is 6. The lowest BCUT2D eigenvalue weighted by atomic mass is 10.1. The van der Waals surface area contributed by atoms with Gasteiger partial charge in [-0.1, -0.05) is 0 Å². The van der Waals surface area contributed by atoms with Gasteiger partial charge in [0.25, 0.3) is 5.56 Å². The maximum Gasteiger partial charge on any atom is 0.433 e. The highest BCUT2D eigenvalue weighted by Gasteiger charge is 2.35. The molecule has 1 amide bonds. The van der Waals surface area contributed by atoms with Gasteiger partial charge in [0.05, 0.1) is 6.33 Å². The van der Waals surface area contributed by atoms with E-state index in [0.29, 0.717) is 10.6 Å². The minimum absolute atomic E-state index is 0.0323. The van der Waals surface area contributed by atoms with Crippen LogP contribution in [0.4, 0.5) is 26.3 Å². The number of rotatable bonds is 5. The highest BCUT2D eigenvalue weighted by atomic mass is 32.2. The number of halogens is 6. The molecule has 17 heteroatoms. The highest BCUT2D eigenvalue weighted by molar-refractivity contribution is 8.14. The lowest BCUT2D eigenvalue weighted by Gasteiger charge is -2.17. The van der Waals surface area contributed by atoms with Crippen molar-refractivity contribution in [1.82, 2.24) is 29.4 Å². The van der Waals surface area contributed by atoms with Gasteiger partial charge in [-0.2, -0.15) is 26.3 Å². The zero-order chi connectivity index (χ0) is 27.3. The third kappa shape index (κ3) is 5.40. The summed E-state index contributed by atoms with van der Waals surface area (Å²) in [6.45, 7) is 0.814. The Bertz CT molecular complexity index is 1520. The Balaban J connectivity index is 1.55. The van der Waals surface area contributed by atoms with E-state index in [0.717, 1.165) is 17.1 Å². The van der Waals surface area contributed by atoms with E-state index < -0.39 is 59.5 Å². The van der Waals surface area contributed by atoms with Gasteiger partial charge in [-0.15, -0.1) is 11.8 Å². The fraction of sp³-hybridized carbons (Fsp3) is 0.400. The van der Waals surface area contributed by atoms with Gasteiger partial charge in [-0.25, -0.2) is 14.3 Å². The molecule has 0 aliphatic carbocycles. The number of aromatic nitrogens is 5. The number of pyridine rings is 1. The zero-order valence-electron chi connectivity index (χ0n) is 18.9. The van der Waals surface area contributed by atoms with Crippen LogP contribution in [0, 0.1) is 6.92 Å². The fourth-order valence-corrected chi connectivity index (χ4v) is 4.63. The Morgan fingerprint density at radius 3 is 2.57 bits per heavy atom. The summed E-state index contributed by atoms with van der Waals surface area (Å²) in [5.74, 6) is -0.408. The van der Waals surface area contributed by atoms with Crippen molar-refractivity contribution in [2.45, 2.75) is 45.0 Å². The molecule has 37 heavy (non-hydrogen) atoms. The summed E-state index contributed by atoms with van der Waals surface area (Å²) < 4.78 is 78.3. The van der Waals surface area contributed by atoms with Gasteiger partial charge in [-0.05, 0) is 25.5 Å². The molecule has 0 saturated carbocycles. The molecule has 4 heterocycles. The molecular weight excluding hydrogens is 532 g/mol. The summed E-state index contributed by atoms with van der Waals surface area (Å²) in [4.78, 5) is 51.1. The van der Waals surface area contributed by atoms with E-state index in [1.54, 1.807) is 0 Å². The molecule has 3 aromatic rings. The molecule has 4 rings (SSSR count). The summed E-state index contributed by atoms with van der Waals surface area (Å²) >= 11 is 1.19. The van der Waals surface area contributed by atoms with E-state index in [2.05, 4.69) is 25.3 Å². The molecule has 3 aromatic heterocycles. The number of imidazole rings is 1. The summed E-state index contributed by atoms with van der Waals surface area (Å²) in [7, 11) is 0. The van der Waals surface area contributed by atoms with E-state index in [-0.39, 0.29) is 21.5 Å². The first kappa shape index (κ1) is 26.4. The van der Waals surface area contributed by atoms with Crippen LogP contribution in [0.1, 0.15) is 29.8 Å². The lowest BCUT2D eigenvalue weighted by Crippen LogP contribution is -2.41. The van der Waals surface area contributed by atoms with Crippen molar-refractivity contribution in [3.05, 3.63) is 56.2 Å². The number of aryl methyl sites for hydroxylation is 1. The normalized spacial score (nSPS) is 17.2. The van der Waals surface area contributed by atoms with E-state index in [9.17, 15) is 40.7 Å². The second kappa shape index (κ2) is 9.35. The first-order valence-electron chi connectivity index (χ1n) is 10.5. The standard InChI is InChI=1S/C20H17F6N7O3S/c1-8-3-10(4-27-13(8)20(24,25)26)16-30-11(5-37-16)29-15(34)9(2)33-7-28-14-12(33)17(35)32(18(36)31-14)6-19(21,22)23/h3-4,7,9,11H,5-6H2,1-2H3,(H,29,34)(H,31,36)/t9-,11?/m0/s1.